The van der Waals surface area contributed by atoms with E-state index in [2.05, 4.69) is 0 Å². The molecule has 0 aromatic rings. The Labute approximate surface area is 130 Å². The maximum atomic E-state index is 8.58. The molecule has 62 valence electrons. The first-order valence-corrected chi connectivity index (χ1v) is 5.09. The van der Waals surface area contributed by atoms with Crippen LogP contribution in [0.2, 0.25) is 0 Å². The van der Waals surface area contributed by atoms with Crippen molar-refractivity contribution in [3.8, 4) is 0 Å². The Kier molecular flexibility index (Phi) is 186. The first kappa shape index (κ1) is 29.2. The van der Waals surface area contributed by atoms with E-state index in [4.69, 9.17) is 35.1 Å². The van der Waals surface area contributed by atoms with Crippen LogP contribution in [0.4, 0.5) is 0 Å². The zero-order valence-corrected chi connectivity index (χ0v) is 13.7. The zero-order valence-electron chi connectivity index (χ0n) is 6.38. The number of nitrogens with zero attached hydrogens (tertiary/aromatic N) is 3. The van der Waals surface area contributed by atoms with E-state index in [1.165, 1.54) is 0 Å². The Hall–Kier alpha value is 0.428. The normalized spacial score (nSPS) is 2.46. The van der Waals surface area contributed by atoms with Crippen LogP contribution in [-0.2, 0) is 18.9 Å². The van der Waals surface area contributed by atoms with Gasteiger partial charge in [-0.3, -0.25) is 14.4 Å². The van der Waals surface area contributed by atoms with Crippen LogP contribution in [0.5, 0.6) is 0 Å². The molecule has 0 N–H and O–H groups in total. The quantitative estimate of drug-likeness (QED) is 0.219. The first-order valence-electron chi connectivity index (χ1n) is 1.69. The number of carbonyl (C=O) groups excluding carboxylic acids is 3. The summed E-state index contributed by atoms with van der Waals surface area (Å²) in [5, 5.41) is 20.3. The summed E-state index contributed by atoms with van der Waals surface area (Å²) in [6, 6.07) is 0. The van der Waals surface area contributed by atoms with Crippen molar-refractivity contribution in [1.29, 1.82) is 0 Å². The van der Waals surface area contributed by atoms with Crippen LogP contribution in [0, 0.1) is 27.8 Å². The predicted molar refractivity (Wildman–Crippen MR) is 28.5 cm³/mol. The van der Waals surface area contributed by atoms with Gasteiger partial charge in [0.05, 0.1) is 0 Å². The third-order valence-corrected chi connectivity index (χ3v) is 0. The third kappa shape index (κ3) is 7370. The summed E-state index contributed by atoms with van der Waals surface area (Å²) in [7, 11) is 0. The summed E-state index contributed by atoms with van der Waals surface area (Å²) in [5.41, 5.74) is 0. The van der Waals surface area contributed by atoms with Crippen molar-refractivity contribution in [2.75, 3.05) is 0 Å². The van der Waals surface area contributed by atoms with Gasteiger partial charge in [0, 0.05) is 0 Å². The molecule has 0 aromatic heterocycles. The van der Waals surface area contributed by atoms with Crippen LogP contribution in [-0.4, -0.2) is 18.2 Å². The molecule has 0 aliphatic rings. The summed E-state index contributed by atoms with van der Waals surface area (Å²) in [6.07, 6.45) is 1.50. The Bertz CT molecular complexity index is 159. The minimum atomic E-state index is -2.51. The molecular formula is C3KN3O5U. The molecular weight excluding hydrogens is 435 g/mol. The van der Waals surface area contributed by atoms with Crippen molar-refractivity contribution < 1.29 is 98.1 Å². The fraction of sp³-hybridized carbons (Fsp3) is 0. The second-order valence-electron chi connectivity index (χ2n) is 0.357. The standard InChI is InChI=1S/3CNO.K.2O.U/c3*2-1-3;;;;/q3*-1;+1;;;+2. The minimum absolute atomic E-state index is 0. The molecule has 0 spiro atoms. The van der Waals surface area contributed by atoms with Crippen LogP contribution >= 0.6 is 0 Å². The summed E-state index contributed by atoms with van der Waals surface area (Å²) in [5.74, 6) is 0. The van der Waals surface area contributed by atoms with Gasteiger partial charge in [0.15, 0.2) is 0 Å². The molecule has 0 fully saturated rings. The van der Waals surface area contributed by atoms with Crippen LogP contribution in [0.25, 0.3) is 16.2 Å². The SMILES string of the molecule is [K+].[N-]=C=O.[N-]=C=O.[N-]=C=O.[O]=[U+2]=[O]. The Balaban J connectivity index is -0.0000000213. The number of hydrogen-bond acceptors (Lipinski definition) is 5. The van der Waals surface area contributed by atoms with Gasteiger partial charge >= 0.3 is 83.7 Å². The molecule has 0 saturated heterocycles. The first-order chi connectivity index (χ1) is 5.66. The summed E-state index contributed by atoms with van der Waals surface area (Å²) in [4.78, 5) is 24.7. The molecule has 0 aliphatic heterocycles. The van der Waals surface area contributed by atoms with E-state index in [1.807, 2.05) is 0 Å². The number of rotatable bonds is 0. The van der Waals surface area contributed by atoms with Crippen molar-refractivity contribution >= 4 is 18.2 Å². The second-order valence-corrected chi connectivity index (χ2v) is 1.05. The maximum absolute atomic E-state index is 8.58. The van der Waals surface area contributed by atoms with Gasteiger partial charge < -0.3 is 16.2 Å². The summed E-state index contributed by atoms with van der Waals surface area (Å²) in [6.45, 7) is 0. The Morgan fingerprint density at radius 2 is 0.769 bits per heavy atom. The average Bonchev–Trinajstić information content (AvgIpc) is 1.92. The molecule has 0 aliphatic carbocycles. The van der Waals surface area contributed by atoms with Crippen molar-refractivity contribution in [2.24, 2.45) is 0 Å². The van der Waals surface area contributed by atoms with E-state index in [1.54, 1.807) is 0 Å². The molecule has 0 saturated carbocycles. The van der Waals surface area contributed by atoms with E-state index < -0.39 is 27.8 Å². The molecule has 0 amide bonds. The van der Waals surface area contributed by atoms with Crippen molar-refractivity contribution in [3.05, 3.63) is 16.2 Å². The molecule has 0 rings (SSSR count). The topological polar surface area (TPSA) is 152 Å². The predicted octanol–water partition coefficient (Wildman–Crippen LogP) is -3.56. The van der Waals surface area contributed by atoms with Gasteiger partial charge in [0.25, 0.3) is 0 Å². The molecule has 8 nitrogen and oxygen atoms in total. The molecule has 0 bridgehead atoms. The van der Waals surface area contributed by atoms with Gasteiger partial charge in [0.1, 0.15) is 0 Å². The number of hydrogen-bond donors (Lipinski definition) is 0. The summed E-state index contributed by atoms with van der Waals surface area (Å²) >= 11 is -2.51. The van der Waals surface area contributed by atoms with Crippen LogP contribution in [0.1, 0.15) is 0 Å². The molecule has 0 radical (unpaired) electrons. The van der Waals surface area contributed by atoms with Crippen LogP contribution in [0.3, 0.4) is 0 Å². The second kappa shape index (κ2) is 82.8. The molecule has 10 heteroatoms. The monoisotopic (exact) mass is 435 g/mol. The van der Waals surface area contributed by atoms with Gasteiger partial charge in [-0.2, -0.15) is 0 Å². The Morgan fingerprint density at radius 1 is 0.769 bits per heavy atom. The average molecular weight is 435 g/mol. The van der Waals surface area contributed by atoms with E-state index in [-0.39, 0.29) is 51.4 Å². The summed E-state index contributed by atoms with van der Waals surface area (Å²) < 4.78 is 17.2. The van der Waals surface area contributed by atoms with Crippen molar-refractivity contribution in [3.63, 3.8) is 0 Å². The van der Waals surface area contributed by atoms with E-state index in [0.717, 1.165) is 0 Å². The fourth-order valence-electron chi connectivity index (χ4n) is 0. The molecule has 13 heavy (non-hydrogen) atoms. The van der Waals surface area contributed by atoms with Gasteiger partial charge in [-0.25, -0.2) is 0 Å². The van der Waals surface area contributed by atoms with Gasteiger partial charge in [-0.05, 0) is 18.2 Å². The van der Waals surface area contributed by atoms with Crippen molar-refractivity contribution in [2.45, 2.75) is 0 Å². The van der Waals surface area contributed by atoms with Gasteiger partial charge in [-0.15, -0.1) is 0 Å². The van der Waals surface area contributed by atoms with E-state index in [9.17, 15) is 0 Å². The van der Waals surface area contributed by atoms with Gasteiger partial charge in [0.2, 0.25) is 0 Å². The molecule has 0 aromatic carbocycles. The van der Waals surface area contributed by atoms with E-state index in [0.29, 0.717) is 18.2 Å². The molecule has 0 heterocycles. The van der Waals surface area contributed by atoms with Crippen LogP contribution < -0.4 is 51.4 Å². The molecule has 0 atom stereocenters. The van der Waals surface area contributed by atoms with E-state index >= 15 is 0 Å². The Morgan fingerprint density at radius 3 is 0.769 bits per heavy atom. The van der Waals surface area contributed by atoms with Crippen molar-refractivity contribution in [1.82, 2.24) is 0 Å². The van der Waals surface area contributed by atoms with Crippen LogP contribution in [0.15, 0.2) is 0 Å². The fourth-order valence-corrected chi connectivity index (χ4v) is 0. The third-order valence-electron chi connectivity index (χ3n) is 0. The molecule has 0 unspecified atom stereocenters. The van der Waals surface area contributed by atoms with Gasteiger partial charge in [-0.1, -0.05) is 0 Å². The number of isocyanates is 3. The zero-order chi connectivity index (χ0) is 10.8.